The van der Waals surface area contributed by atoms with Crippen LogP contribution in [0.25, 0.3) is 11.2 Å². The quantitative estimate of drug-likeness (QED) is 0.832. The highest BCUT2D eigenvalue weighted by atomic mass is 16.2. The third-order valence-corrected chi connectivity index (χ3v) is 3.29. The van der Waals surface area contributed by atoms with Crippen LogP contribution < -0.4 is 11.2 Å². The number of imidazole rings is 1. The van der Waals surface area contributed by atoms with Gasteiger partial charge in [0.2, 0.25) is 0 Å². The van der Waals surface area contributed by atoms with E-state index >= 15 is 0 Å². The number of aromatic nitrogens is 4. The Kier molecular flexibility index (Phi) is 2.62. The normalized spacial score (nSPS) is 15.0. The van der Waals surface area contributed by atoms with E-state index in [2.05, 4.69) is 9.97 Å². The average molecular weight is 262 g/mol. The molecule has 3 rings (SSSR count). The van der Waals surface area contributed by atoms with Gasteiger partial charge in [0.25, 0.3) is 5.56 Å². The molecular weight excluding hydrogens is 248 g/mol. The van der Waals surface area contributed by atoms with Gasteiger partial charge in [0.1, 0.15) is 5.78 Å². The third kappa shape index (κ3) is 2.11. The first-order valence-corrected chi connectivity index (χ1v) is 6.23. The van der Waals surface area contributed by atoms with E-state index in [9.17, 15) is 14.4 Å². The van der Waals surface area contributed by atoms with Crippen molar-refractivity contribution in [3.63, 3.8) is 0 Å². The van der Waals surface area contributed by atoms with Gasteiger partial charge in [-0.15, -0.1) is 0 Å². The SMILES string of the molecule is CC(=O)Cn1cnc2[nH]c(=O)n(CC3CC3)c(=O)c21. The highest BCUT2D eigenvalue weighted by Gasteiger charge is 2.24. The Hall–Kier alpha value is -2.18. The molecule has 2 aromatic heterocycles. The molecule has 0 radical (unpaired) electrons. The number of aromatic amines is 1. The van der Waals surface area contributed by atoms with Crippen molar-refractivity contribution in [1.29, 1.82) is 0 Å². The summed E-state index contributed by atoms with van der Waals surface area (Å²) < 4.78 is 2.69. The van der Waals surface area contributed by atoms with Crippen molar-refractivity contribution in [3.05, 3.63) is 27.2 Å². The lowest BCUT2D eigenvalue weighted by Crippen LogP contribution is -2.36. The fraction of sp³-hybridized carbons (Fsp3) is 0.500. The summed E-state index contributed by atoms with van der Waals surface area (Å²) in [5, 5.41) is 0. The monoisotopic (exact) mass is 262 g/mol. The van der Waals surface area contributed by atoms with E-state index < -0.39 is 5.69 Å². The molecule has 1 aliphatic carbocycles. The van der Waals surface area contributed by atoms with Crippen molar-refractivity contribution in [3.8, 4) is 0 Å². The molecule has 0 spiro atoms. The highest BCUT2D eigenvalue weighted by Crippen LogP contribution is 2.29. The highest BCUT2D eigenvalue weighted by molar-refractivity contribution is 5.78. The molecule has 1 fully saturated rings. The number of H-pyrrole nitrogens is 1. The number of nitrogens with zero attached hydrogens (tertiary/aromatic N) is 3. The van der Waals surface area contributed by atoms with Crippen LogP contribution in [0.5, 0.6) is 0 Å². The Labute approximate surface area is 107 Å². The summed E-state index contributed by atoms with van der Waals surface area (Å²) in [7, 11) is 0. The van der Waals surface area contributed by atoms with Crippen LogP contribution in [0.3, 0.4) is 0 Å². The second kappa shape index (κ2) is 4.18. The number of hydrogen-bond donors (Lipinski definition) is 1. The predicted octanol–water partition coefficient (Wildman–Crippen LogP) is -0.115. The van der Waals surface area contributed by atoms with Gasteiger partial charge in [-0.2, -0.15) is 0 Å². The summed E-state index contributed by atoms with van der Waals surface area (Å²) in [6.07, 6.45) is 3.51. The molecule has 2 aromatic rings. The van der Waals surface area contributed by atoms with Crippen molar-refractivity contribution in [1.82, 2.24) is 19.1 Å². The van der Waals surface area contributed by atoms with Gasteiger partial charge in [-0.05, 0) is 25.7 Å². The van der Waals surface area contributed by atoms with Crippen LogP contribution in [-0.4, -0.2) is 24.9 Å². The number of carbonyl (C=O) groups excluding carboxylic acids is 1. The van der Waals surface area contributed by atoms with Crippen molar-refractivity contribution in [2.24, 2.45) is 5.92 Å². The number of fused-ring (bicyclic) bond motifs is 1. The topological polar surface area (TPSA) is 89.8 Å². The minimum absolute atomic E-state index is 0.0707. The van der Waals surface area contributed by atoms with Crippen molar-refractivity contribution in [2.45, 2.75) is 32.9 Å². The Morgan fingerprint density at radius 3 is 2.84 bits per heavy atom. The molecule has 7 heteroatoms. The average Bonchev–Trinajstić information content (AvgIpc) is 3.06. The fourth-order valence-corrected chi connectivity index (χ4v) is 2.17. The first-order valence-electron chi connectivity index (χ1n) is 6.23. The van der Waals surface area contributed by atoms with Crippen molar-refractivity contribution < 1.29 is 4.79 Å². The number of hydrogen-bond acceptors (Lipinski definition) is 4. The summed E-state index contributed by atoms with van der Waals surface area (Å²) in [5.74, 6) is 0.346. The van der Waals surface area contributed by atoms with Crippen LogP contribution in [-0.2, 0) is 17.9 Å². The van der Waals surface area contributed by atoms with Crippen molar-refractivity contribution >= 4 is 16.9 Å². The molecule has 0 aliphatic heterocycles. The Morgan fingerprint density at radius 2 is 2.21 bits per heavy atom. The summed E-state index contributed by atoms with van der Waals surface area (Å²) in [6.45, 7) is 1.97. The van der Waals surface area contributed by atoms with Crippen LogP contribution in [0, 0.1) is 5.92 Å². The lowest BCUT2D eigenvalue weighted by molar-refractivity contribution is -0.117. The van der Waals surface area contributed by atoms with Crippen LogP contribution >= 0.6 is 0 Å². The summed E-state index contributed by atoms with van der Waals surface area (Å²) >= 11 is 0. The minimum atomic E-state index is -0.433. The number of carbonyl (C=O) groups is 1. The molecule has 7 nitrogen and oxygen atoms in total. The zero-order chi connectivity index (χ0) is 13.6. The second-order valence-electron chi connectivity index (χ2n) is 5.06. The molecular formula is C12H14N4O3. The van der Waals surface area contributed by atoms with Crippen LogP contribution in [0.2, 0.25) is 0 Å². The van der Waals surface area contributed by atoms with E-state index in [0.717, 1.165) is 12.8 Å². The molecule has 1 aliphatic rings. The number of Topliss-reactive ketones (excluding diaryl/α,β-unsaturated/α-hetero) is 1. The second-order valence-corrected chi connectivity index (χ2v) is 5.06. The van der Waals surface area contributed by atoms with Gasteiger partial charge < -0.3 is 4.57 Å². The molecule has 1 saturated carbocycles. The van der Waals surface area contributed by atoms with E-state index in [1.807, 2.05) is 0 Å². The van der Waals surface area contributed by atoms with Gasteiger partial charge in [-0.25, -0.2) is 9.78 Å². The van der Waals surface area contributed by atoms with Gasteiger partial charge in [0.15, 0.2) is 11.2 Å². The maximum atomic E-state index is 12.3. The molecule has 0 amide bonds. The van der Waals surface area contributed by atoms with Gasteiger partial charge >= 0.3 is 5.69 Å². The zero-order valence-electron chi connectivity index (χ0n) is 10.5. The van der Waals surface area contributed by atoms with E-state index in [4.69, 9.17) is 0 Å². The zero-order valence-corrected chi connectivity index (χ0v) is 10.5. The van der Waals surface area contributed by atoms with Gasteiger partial charge in [0.05, 0.1) is 12.9 Å². The fourth-order valence-electron chi connectivity index (χ4n) is 2.17. The van der Waals surface area contributed by atoms with Crippen LogP contribution in [0.15, 0.2) is 15.9 Å². The molecule has 100 valence electrons. The smallest absolute Gasteiger partial charge is 0.317 e. The standard InChI is InChI=1S/C12H14N4O3/c1-7(17)4-15-6-13-10-9(15)11(18)16(12(19)14-10)5-8-2-3-8/h6,8H,2-5H2,1H3,(H,14,19). The molecule has 19 heavy (non-hydrogen) atoms. The van der Waals surface area contributed by atoms with Crippen LogP contribution in [0.1, 0.15) is 19.8 Å². The van der Waals surface area contributed by atoms with Crippen molar-refractivity contribution in [2.75, 3.05) is 0 Å². The number of ketones is 1. The predicted molar refractivity (Wildman–Crippen MR) is 68.0 cm³/mol. The molecule has 0 bridgehead atoms. The Morgan fingerprint density at radius 1 is 1.47 bits per heavy atom. The van der Waals surface area contributed by atoms with E-state index in [-0.39, 0.29) is 29.1 Å². The van der Waals surface area contributed by atoms with Gasteiger partial charge in [-0.1, -0.05) is 0 Å². The molecule has 0 saturated heterocycles. The van der Waals surface area contributed by atoms with Gasteiger partial charge in [0, 0.05) is 6.54 Å². The van der Waals surface area contributed by atoms with E-state index in [0.29, 0.717) is 12.5 Å². The van der Waals surface area contributed by atoms with E-state index in [1.165, 1.54) is 22.4 Å². The first kappa shape index (κ1) is 11.9. The molecule has 1 N–H and O–H groups in total. The largest absolute Gasteiger partial charge is 0.330 e. The number of nitrogens with one attached hydrogen (secondary N) is 1. The Bertz CT molecular complexity index is 763. The summed E-state index contributed by atoms with van der Waals surface area (Å²) in [6, 6.07) is 0. The maximum absolute atomic E-state index is 12.3. The maximum Gasteiger partial charge on any atom is 0.330 e. The van der Waals surface area contributed by atoms with E-state index in [1.54, 1.807) is 0 Å². The molecule has 0 atom stereocenters. The molecule has 2 heterocycles. The molecule has 0 unspecified atom stereocenters. The number of rotatable bonds is 4. The van der Waals surface area contributed by atoms with Gasteiger partial charge in [-0.3, -0.25) is 19.1 Å². The minimum Gasteiger partial charge on any atom is -0.317 e. The lowest BCUT2D eigenvalue weighted by atomic mass is 10.4. The lowest BCUT2D eigenvalue weighted by Gasteiger charge is -2.04. The summed E-state index contributed by atoms with van der Waals surface area (Å²) in [5.41, 5.74) is -0.277. The first-order chi connectivity index (χ1) is 9.06. The third-order valence-electron chi connectivity index (χ3n) is 3.29. The molecule has 0 aromatic carbocycles. The van der Waals surface area contributed by atoms with Crippen LogP contribution in [0.4, 0.5) is 0 Å². The summed E-state index contributed by atoms with van der Waals surface area (Å²) in [4.78, 5) is 41.9. The Balaban J connectivity index is 2.19.